The lowest BCUT2D eigenvalue weighted by Gasteiger charge is -2.19. The van der Waals surface area contributed by atoms with Crippen molar-refractivity contribution in [1.29, 1.82) is 5.26 Å². The second-order valence-corrected chi connectivity index (χ2v) is 6.23. The second-order valence-electron chi connectivity index (χ2n) is 4.98. The quantitative estimate of drug-likeness (QED) is 0.412. The van der Waals surface area contributed by atoms with E-state index in [-0.39, 0.29) is 5.25 Å². The van der Waals surface area contributed by atoms with Gasteiger partial charge in [0.15, 0.2) is 0 Å². The Balaban J connectivity index is 2.23. The lowest BCUT2D eigenvalue weighted by molar-refractivity contribution is 1.12. The van der Waals surface area contributed by atoms with Crippen LogP contribution in [-0.2, 0) is 0 Å². The van der Waals surface area contributed by atoms with Crippen molar-refractivity contribution in [2.75, 3.05) is 11.9 Å². The number of nitrogens with zero attached hydrogens (tertiary/aromatic N) is 2. The first-order chi connectivity index (χ1) is 11.2. The van der Waals surface area contributed by atoms with Gasteiger partial charge in [-0.3, -0.25) is 0 Å². The highest BCUT2D eigenvalue weighted by Gasteiger charge is 2.10. The van der Waals surface area contributed by atoms with E-state index in [0.717, 1.165) is 5.69 Å². The maximum Gasteiger partial charge on any atom is 0.117 e. The molecule has 2 aromatic carbocycles. The van der Waals surface area contributed by atoms with Gasteiger partial charge in [-0.1, -0.05) is 48.6 Å². The Kier molecular flexibility index (Phi) is 6.53. The summed E-state index contributed by atoms with van der Waals surface area (Å²) in [6.07, 6.45) is 6.13. The van der Waals surface area contributed by atoms with E-state index >= 15 is 0 Å². The zero-order chi connectivity index (χ0) is 16.5. The van der Waals surface area contributed by atoms with Crippen molar-refractivity contribution in [3.05, 3.63) is 84.6 Å². The third-order valence-electron chi connectivity index (χ3n) is 3.34. The van der Waals surface area contributed by atoms with Crippen molar-refractivity contribution in [2.45, 2.75) is 17.1 Å². The van der Waals surface area contributed by atoms with Gasteiger partial charge in [0.25, 0.3) is 0 Å². The molecule has 0 fully saturated rings. The van der Waals surface area contributed by atoms with Crippen molar-refractivity contribution in [1.82, 2.24) is 0 Å². The molecule has 0 aromatic heterocycles. The number of allylic oxidation sites excluding steroid dienone is 2. The van der Waals surface area contributed by atoms with E-state index < -0.39 is 0 Å². The summed E-state index contributed by atoms with van der Waals surface area (Å²) in [7, 11) is 1.92. The van der Waals surface area contributed by atoms with Crippen molar-refractivity contribution in [3.63, 3.8) is 0 Å². The first-order valence-corrected chi connectivity index (χ1v) is 8.37. The molecule has 1 atom stereocenters. The average Bonchev–Trinajstić information content (AvgIpc) is 2.61. The Morgan fingerprint density at radius 3 is 2.26 bits per heavy atom. The molecule has 2 nitrogen and oxygen atoms in total. The molecule has 2 rings (SSSR count). The minimum Gasteiger partial charge on any atom is -0.336 e. The molecule has 116 valence electrons. The normalized spacial score (nSPS) is 12.8. The number of thioether (sulfide) groups is 1. The molecule has 0 aliphatic rings. The lowest BCUT2D eigenvalue weighted by Crippen LogP contribution is -2.16. The van der Waals surface area contributed by atoms with Crippen LogP contribution in [0.5, 0.6) is 0 Å². The maximum absolute atomic E-state index is 9.55. The number of benzene rings is 2. The summed E-state index contributed by atoms with van der Waals surface area (Å²) in [5.74, 6) is 0. The number of anilines is 1. The van der Waals surface area contributed by atoms with Crippen LogP contribution < -0.4 is 4.90 Å². The summed E-state index contributed by atoms with van der Waals surface area (Å²) in [5.41, 5.74) is 1.65. The molecule has 0 saturated heterocycles. The van der Waals surface area contributed by atoms with Crippen LogP contribution >= 0.6 is 11.8 Å². The molecule has 0 spiro atoms. The van der Waals surface area contributed by atoms with Crippen LogP contribution in [0.2, 0.25) is 0 Å². The molecule has 0 N–H and O–H groups in total. The van der Waals surface area contributed by atoms with Gasteiger partial charge in [-0.15, -0.1) is 11.8 Å². The summed E-state index contributed by atoms with van der Waals surface area (Å²) in [6, 6.07) is 22.5. The number of para-hydroxylation sites is 1. The molecular weight excluding hydrogens is 300 g/mol. The number of rotatable bonds is 6. The molecule has 0 heterocycles. The van der Waals surface area contributed by atoms with Crippen molar-refractivity contribution in [2.24, 2.45) is 0 Å². The molecular formula is C20H20N2S. The fraction of sp³-hybridized carbons (Fsp3) is 0.150. The highest BCUT2D eigenvalue weighted by Crippen LogP contribution is 2.27. The molecule has 2 aromatic rings. The van der Waals surface area contributed by atoms with Gasteiger partial charge in [0.2, 0.25) is 0 Å². The summed E-state index contributed by atoms with van der Waals surface area (Å²) < 4.78 is 0. The molecule has 0 radical (unpaired) electrons. The topological polar surface area (TPSA) is 27.0 Å². The summed E-state index contributed by atoms with van der Waals surface area (Å²) in [5, 5.41) is 9.66. The van der Waals surface area contributed by atoms with Crippen LogP contribution in [0.1, 0.15) is 6.92 Å². The van der Waals surface area contributed by atoms with E-state index in [1.807, 2.05) is 79.6 Å². The van der Waals surface area contributed by atoms with Crippen LogP contribution in [-0.4, -0.2) is 12.3 Å². The molecule has 0 aliphatic carbocycles. The lowest BCUT2D eigenvalue weighted by atomic mass is 10.2. The van der Waals surface area contributed by atoms with E-state index in [1.165, 1.54) is 4.90 Å². The molecule has 3 heteroatoms. The molecule has 0 saturated carbocycles. The number of hydrogen-bond acceptors (Lipinski definition) is 3. The smallest absolute Gasteiger partial charge is 0.117 e. The highest BCUT2D eigenvalue weighted by molar-refractivity contribution is 8.00. The molecule has 1 unspecified atom stereocenters. The summed E-state index contributed by atoms with van der Waals surface area (Å²) >= 11 is 1.73. The largest absolute Gasteiger partial charge is 0.336 e. The van der Waals surface area contributed by atoms with E-state index in [0.29, 0.717) is 5.70 Å². The molecule has 0 bridgehead atoms. The second kappa shape index (κ2) is 8.87. The fourth-order valence-electron chi connectivity index (χ4n) is 2.15. The van der Waals surface area contributed by atoms with Gasteiger partial charge in [0.1, 0.15) is 11.8 Å². The monoisotopic (exact) mass is 320 g/mol. The van der Waals surface area contributed by atoms with Crippen LogP contribution in [0.15, 0.2) is 89.5 Å². The van der Waals surface area contributed by atoms with Crippen molar-refractivity contribution < 1.29 is 0 Å². The minimum absolute atomic E-state index is 0.114. The van der Waals surface area contributed by atoms with Crippen molar-refractivity contribution >= 4 is 17.4 Å². The van der Waals surface area contributed by atoms with Crippen LogP contribution in [0.3, 0.4) is 0 Å². The Hall–Kier alpha value is -2.44. The predicted molar refractivity (Wildman–Crippen MR) is 99.4 cm³/mol. The standard InChI is InChI=1S/C20H20N2S/c1-3-10-20(23-19-13-8-5-9-14-19)15-18(16-21)22(2)17-11-6-4-7-12-17/h3-15,20H,1-2H3/b10-3+,18-15+. The predicted octanol–water partition coefficient (Wildman–Crippen LogP) is 5.27. The Bertz CT molecular complexity index is 699. The van der Waals surface area contributed by atoms with Crippen LogP contribution in [0.25, 0.3) is 0 Å². The first kappa shape index (κ1) is 16.9. The maximum atomic E-state index is 9.55. The van der Waals surface area contributed by atoms with Crippen LogP contribution in [0, 0.1) is 11.3 Å². The zero-order valence-electron chi connectivity index (χ0n) is 13.4. The fourth-order valence-corrected chi connectivity index (χ4v) is 3.21. The minimum atomic E-state index is 0.114. The van der Waals surface area contributed by atoms with Crippen LogP contribution in [0.4, 0.5) is 5.69 Å². The third-order valence-corrected chi connectivity index (χ3v) is 4.45. The van der Waals surface area contributed by atoms with Gasteiger partial charge in [0, 0.05) is 22.9 Å². The molecule has 23 heavy (non-hydrogen) atoms. The van der Waals surface area contributed by atoms with Gasteiger partial charge in [-0.05, 0) is 37.3 Å². The zero-order valence-corrected chi connectivity index (χ0v) is 14.2. The Labute approximate surface area is 142 Å². The third kappa shape index (κ3) is 5.05. The average molecular weight is 320 g/mol. The van der Waals surface area contributed by atoms with Gasteiger partial charge in [-0.2, -0.15) is 5.26 Å². The van der Waals surface area contributed by atoms with Gasteiger partial charge in [-0.25, -0.2) is 0 Å². The number of hydrogen-bond donors (Lipinski definition) is 0. The Morgan fingerprint density at radius 2 is 1.70 bits per heavy atom. The SMILES string of the molecule is C/C=C/C(/C=C(\C#N)N(C)c1ccccc1)Sc1ccccc1. The van der Waals surface area contributed by atoms with Gasteiger partial charge >= 0.3 is 0 Å². The van der Waals surface area contributed by atoms with Crippen molar-refractivity contribution in [3.8, 4) is 6.07 Å². The molecule has 0 aliphatic heterocycles. The van der Waals surface area contributed by atoms with E-state index in [9.17, 15) is 5.26 Å². The highest BCUT2D eigenvalue weighted by atomic mass is 32.2. The van der Waals surface area contributed by atoms with Gasteiger partial charge < -0.3 is 4.90 Å². The number of nitriles is 1. The van der Waals surface area contributed by atoms with Gasteiger partial charge in [0.05, 0.1) is 0 Å². The summed E-state index contributed by atoms with van der Waals surface area (Å²) in [6.45, 7) is 2.00. The Morgan fingerprint density at radius 1 is 1.09 bits per heavy atom. The van der Waals surface area contributed by atoms with E-state index in [4.69, 9.17) is 0 Å². The summed E-state index contributed by atoms with van der Waals surface area (Å²) in [4.78, 5) is 3.11. The molecule has 0 amide bonds. The van der Waals surface area contributed by atoms with E-state index in [1.54, 1.807) is 11.8 Å². The first-order valence-electron chi connectivity index (χ1n) is 7.50. The van der Waals surface area contributed by atoms with E-state index in [2.05, 4.69) is 24.3 Å².